The molecule has 0 radical (unpaired) electrons. The molecule has 7 heteroatoms. The van der Waals surface area contributed by atoms with Gasteiger partial charge < -0.3 is 10.0 Å². The van der Waals surface area contributed by atoms with Crippen molar-refractivity contribution in [3.05, 3.63) is 12.7 Å². The molecule has 0 aromatic heterocycles. The Labute approximate surface area is 102 Å². The highest BCUT2D eigenvalue weighted by atomic mass is 32.2. The van der Waals surface area contributed by atoms with Crippen LogP contribution in [0.25, 0.3) is 0 Å². The number of hydrogen-bond acceptors (Lipinski definition) is 4. The number of carboxylic acids is 1. The predicted octanol–water partition coefficient (Wildman–Crippen LogP) is -0.405. The summed E-state index contributed by atoms with van der Waals surface area (Å²) in [5, 5.41) is 8.55. The van der Waals surface area contributed by atoms with E-state index in [2.05, 4.69) is 6.58 Å². The molecule has 0 amide bonds. The van der Waals surface area contributed by atoms with Gasteiger partial charge in [-0.25, -0.2) is 8.42 Å². The van der Waals surface area contributed by atoms with Gasteiger partial charge in [0.25, 0.3) is 0 Å². The van der Waals surface area contributed by atoms with Crippen LogP contribution in [0.3, 0.4) is 0 Å². The third-order valence-corrected chi connectivity index (χ3v) is 4.50. The van der Waals surface area contributed by atoms with Gasteiger partial charge >= 0.3 is 5.97 Å². The van der Waals surface area contributed by atoms with Crippen LogP contribution in [0.2, 0.25) is 0 Å². The van der Waals surface area contributed by atoms with Gasteiger partial charge in [0.2, 0.25) is 10.0 Å². The quantitative estimate of drug-likeness (QED) is 0.659. The minimum Gasteiger partial charge on any atom is -0.481 e. The minimum atomic E-state index is -3.22. The zero-order valence-electron chi connectivity index (χ0n) is 9.71. The molecule has 1 saturated heterocycles. The number of rotatable bonds is 6. The number of sulfonamides is 1. The molecule has 1 N–H and O–H groups in total. The molecule has 1 heterocycles. The standard InChI is InChI=1S/C10H18N2O4S/c1-2-9-17(15,16)12-7-5-11(6-8-12)4-3-10(13)14/h2H,1,3-9H2,(H,13,14). The van der Waals surface area contributed by atoms with Crippen LogP contribution >= 0.6 is 0 Å². The lowest BCUT2D eigenvalue weighted by atomic mass is 10.3. The zero-order chi connectivity index (χ0) is 12.9. The zero-order valence-corrected chi connectivity index (χ0v) is 10.5. The maximum Gasteiger partial charge on any atom is 0.304 e. The number of carbonyl (C=O) groups is 1. The molecule has 1 rings (SSSR count). The molecule has 1 aliphatic rings. The minimum absolute atomic E-state index is 0.0396. The van der Waals surface area contributed by atoms with Crippen LogP contribution in [-0.2, 0) is 14.8 Å². The maximum atomic E-state index is 11.7. The Balaban J connectivity index is 2.40. The van der Waals surface area contributed by atoms with E-state index in [4.69, 9.17) is 5.11 Å². The van der Waals surface area contributed by atoms with Crippen LogP contribution in [0.5, 0.6) is 0 Å². The molecule has 0 aliphatic carbocycles. The van der Waals surface area contributed by atoms with Gasteiger partial charge in [-0.2, -0.15) is 4.31 Å². The highest BCUT2D eigenvalue weighted by Gasteiger charge is 2.25. The molecule has 0 saturated carbocycles. The smallest absolute Gasteiger partial charge is 0.304 e. The van der Waals surface area contributed by atoms with Crippen LogP contribution in [0.1, 0.15) is 6.42 Å². The topological polar surface area (TPSA) is 77.9 Å². The summed E-state index contributed by atoms with van der Waals surface area (Å²) in [4.78, 5) is 12.4. The Hall–Kier alpha value is -0.920. The molecular formula is C10H18N2O4S. The molecule has 17 heavy (non-hydrogen) atoms. The Kier molecular flexibility index (Phi) is 5.10. The van der Waals surface area contributed by atoms with Gasteiger partial charge in [0, 0.05) is 32.7 Å². The number of aliphatic carboxylic acids is 1. The molecule has 98 valence electrons. The predicted molar refractivity (Wildman–Crippen MR) is 64.2 cm³/mol. The van der Waals surface area contributed by atoms with Gasteiger partial charge in [-0.15, -0.1) is 6.58 Å². The average Bonchev–Trinajstić information content (AvgIpc) is 2.27. The van der Waals surface area contributed by atoms with Crippen molar-refractivity contribution in [2.24, 2.45) is 0 Å². The fourth-order valence-corrected chi connectivity index (χ4v) is 2.97. The van der Waals surface area contributed by atoms with E-state index in [1.807, 2.05) is 4.90 Å². The fraction of sp³-hybridized carbons (Fsp3) is 0.700. The molecule has 0 atom stereocenters. The summed E-state index contributed by atoms with van der Waals surface area (Å²) < 4.78 is 24.8. The van der Waals surface area contributed by atoms with E-state index in [1.165, 1.54) is 10.4 Å². The van der Waals surface area contributed by atoms with Crippen molar-refractivity contribution in [1.82, 2.24) is 9.21 Å². The Morgan fingerprint density at radius 1 is 1.29 bits per heavy atom. The lowest BCUT2D eigenvalue weighted by Crippen LogP contribution is -2.49. The molecule has 1 aliphatic heterocycles. The Morgan fingerprint density at radius 2 is 1.88 bits per heavy atom. The molecule has 0 spiro atoms. The number of hydrogen-bond donors (Lipinski definition) is 1. The van der Waals surface area contributed by atoms with E-state index in [0.717, 1.165) is 0 Å². The summed E-state index contributed by atoms with van der Waals surface area (Å²) in [5.41, 5.74) is 0. The van der Waals surface area contributed by atoms with Crippen LogP contribution in [-0.4, -0.2) is 67.2 Å². The summed E-state index contributed by atoms with van der Waals surface area (Å²) in [6.07, 6.45) is 1.48. The molecule has 6 nitrogen and oxygen atoms in total. The van der Waals surface area contributed by atoms with Gasteiger partial charge in [-0.3, -0.25) is 4.79 Å². The summed E-state index contributed by atoms with van der Waals surface area (Å²) >= 11 is 0. The summed E-state index contributed by atoms with van der Waals surface area (Å²) in [5.74, 6) is -0.867. The SMILES string of the molecule is C=CCS(=O)(=O)N1CCN(CCC(=O)O)CC1. The monoisotopic (exact) mass is 262 g/mol. The van der Waals surface area contributed by atoms with Crippen molar-refractivity contribution < 1.29 is 18.3 Å². The Bertz CT molecular complexity index is 372. The summed E-state index contributed by atoms with van der Waals surface area (Å²) in [6, 6.07) is 0. The normalized spacial score (nSPS) is 19.1. The van der Waals surface area contributed by atoms with Crippen molar-refractivity contribution in [1.29, 1.82) is 0 Å². The lowest BCUT2D eigenvalue weighted by Gasteiger charge is -2.33. The van der Waals surface area contributed by atoms with Crippen molar-refractivity contribution in [2.45, 2.75) is 6.42 Å². The van der Waals surface area contributed by atoms with Crippen LogP contribution < -0.4 is 0 Å². The van der Waals surface area contributed by atoms with Crippen LogP contribution in [0.4, 0.5) is 0 Å². The van der Waals surface area contributed by atoms with E-state index in [-0.39, 0.29) is 12.2 Å². The molecule has 0 unspecified atom stereocenters. The second-order valence-corrected chi connectivity index (χ2v) is 5.97. The number of piperazine rings is 1. The third kappa shape index (κ3) is 4.45. The van der Waals surface area contributed by atoms with E-state index in [0.29, 0.717) is 32.7 Å². The highest BCUT2D eigenvalue weighted by molar-refractivity contribution is 7.89. The van der Waals surface area contributed by atoms with E-state index >= 15 is 0 Å². The first-order chi connectivity index (χ1) is 7.95. The molecule has 0 aromatic rings. The summed E-state index contributed by atoms with van der Waals surface area (Å²) in [6.45, 7) is 5.93. The summed E-state index contributed by atoms with van der Waals surface area (Å²) in [7, 11) is -3.22. The van der Waals surface area contributed by atoms with Gasteiger partial charge in [0.1, 0.15) is 0 Å². The largest absolute Gasteiger partial charge is 0.481 e. The van der Waals surface area contributed by atoms with Gasteiger partial charge in [0.05, 0.1) is 12.2 Å². The molecule has 0 aromatic carbocycles. The van der Waals surface area contributed by atoms with Gasteiger partial charge in [-0.05, 0) is 0 Å². The number of nitrogens with zero attached hydrogens (tertiary/aromatic N) is 2. The lowest BCUT2D eigenvalue weighted by molar-refractivity contribution is -0.137. The molecule has 0 bridgehead atoms. The number of carboxylic acid groups (broad SMARTS) is 1. The van der Waals surface area contributed by atoms with Crippen LogP contribution in [0, 0.1) is 0 Å². The first-order valence-electron chi connectivity index (χ1n) is 5.48. The second-order valence-electron chi connectivity index (χ2n) is 3.95. The first-order valence-corrected chi connectivity index (χ1v) is 7.09. The van der Waals surface area contributed by atoms with Crippen molar-refractivity contribution in [2.75, 3.05) is 38.5 Å². The fourth-order valence-electron chi connectivity index (χ4n) is 1.74. The highest BCUT2D eigenvalue weighted by Crippen LogP contribution is 2.08. The van der Waals surface area contributed by atoms with Crippen LogP contribution in [0.15, 0.2) is 12.7 Å². The van der Waals surface area contributed by atoms with Crippen molar-refractivity contribution in [3.63, 3.8) is 0 Å². The maximum absolute atomic E-state index is 11.7. The average molecular weight is 262 g/mol. The third-order valence-electron chi connectivity index (χ3n) is 2.70. The molecular weight excluding hydrogens is 244 g/mol. The first kappa shape index (κ1) is 14.1. The van der Waals surface area contributed by atoms with E-state index in [9.17, 15) is 13.2 Å². The Morgan fingerprint density at radius 3 is 2.35 bits per heavy atom. The second kappa shape index (κ2) is 6.13. The van der Waals surface area contributed by atoms with Gasteiger partial charge in [0.15, 0.2) is 0 Å². The van der Waals surface area contributed by atoms with E-state index in [1.54, 1.807) is 0 Å². The van der Waals surface area contributed by atoms with Crippen molar-refractivity contribution >= 4 is 16.0 Å². The van der Waals surface area contributed by atoms with E-state index < -0.39 is 16.0 Å². The van der Waals surface area contributed by atoms with Gasteiger partial charge in [-0.1, -0.05) is 6.08 Å². The van der Waals surface area contributed by atoms with Crippen molar-refractivity contribution in [3.8, 4) is 0 Å². The molecule has 1 fully saturated rings.